The largest absolute Gasteiger partial charge is 0.326 e. The van der Waals surface area contributed by atoms with E-state index in [4.69, 9.17) is 0 Å². The lowest BCUT2D eigenvalue weighted by Gasteiger charge is -2.05. The number of amides is 1. The number of hydrogen-bond donors (Lipinski definition) is 1. The lowest BCUT2D eigenvalue weighted by atomic mass is 10.0. The molecule has 0 saturated carbocycles. The Labute approximate surface area is 141 Å². The fraction of sp³-hybridized carbons (Fsp3) is 0.316. The Hall–Kier alpha value is -2.69. The number of fused-ring (bicyclic) bond motifs is 1. The molecule has 0 spiro atoms. The highest BCUT2D eigenvalue weighted by molar-refractivity contribution is 5.92. The SMILES string of the molecule is CCCC(=O)Nc1ccc2nn(-c3ccc(C(C)C)cc3)nc2c1. The van der Waals surface area contributed by atoms with Crippen molar-refractivity contribution in [3.05, 3.63) is 48.0 Å². The van der Waals surface area contributed by atoms with Gasteiger partial charge in [0, 0.05) is 12.1 Å². The Bertz CT molecular complexity index is 849. The number of rotatable bonds is 5. The van der Waals surface area contributed by atoms with Crippen LogP contribution >= 0.6 is 0 Å². The van der Waals surface area contributed by atoms with Crippen LogP contribution in [-0.4, -0.2) is 20.9 Å². The normalized spacial score (nSPS) is 11.2. The molecule has 3 aromatic rings. The molecule has 0 aliphatic carbocycles. The van der Waals surface area contributed by atoms with Gasteiger partial charge < -0.3 is 5.32 Å². The molecule has 0 saturated heterocycles. The molecule has 0 aliphatic rings. The first kappa shape index (κ1) is 16.2. The third-order valence-electron chi connectivity index (χ3n) is 3.93. The minimum Gasteiger partial charge on any atom is -0.326 e. The van der Waals surface area contributed by atoms with Crippen LogP contribution in [0.3, 0.4) is 0 Å². The van der Waals surface area contributed by atoms with Crippen LogP contribution in [0.15, 0.2) is 42.5 Å². The summed E-state index contributed by atoms with van der Waals surface area (Å²) in [5.74, 6) is 0.520. The van der Waals surface area contributed by atoms with E-state index in [0.717, 1.165) is 28.8 Å². The van der Waals surface area contributed by atoms with Crippen molar-refractivity contribution in [3.8, 4) is 5.69 Å². The van der Waals surface area contributed by atoms with Gasteiger partial charge in [0.2, 0.25) is 5.91 Å². The highest BCUT2D eigenvalue weighted by Gasteiger charge is 2.08. The summed E-state index contributed by atoms with van der Waals surface area (Å²) in [4.78, 5) is 13.3. The number of nitrogens with zero attached hydrogens (tertiary/aromatic N) is 3. The summed E-state index contributed by atoms with van der Waals surface area (Å²) in [5.41, 5.74) is 4.53. The molecule has 1 amide bonds. The topological polar surface area (TPSA) is 59.8 Å². The minimum absolute atomic E-state index is 0.0218. The summed E-state index contributed by atoms with van der Waals surface area (Å²) >= 11 is 0. The van der Waals surface area contributed by atoms with Crippen LogP contribution in [0.25, 0.3) is 16.7 Å². The van der Waals surface area contributed by atoms with Crippen molar-refractivity contribution in [2.24, 2.45) is 0 Å². The van der Waals surface area contributed by atoms with Gasteiger partial charge in [0.05, 0.1) is 5.69 Å². The fourth-order valence-electron chi connectivity index (χ4n) is 2.55. The van der Waals surface area contributed by atoms with Crippen LogP contribution in [0, 0.1) is 0 Å². The zero-order valence-corrected chi connectivity index (χ0v) is 14.3. The van der Waals surface area contributed by atoms with Gasteiger partial charge in [-0.05, 0) is 48.2 Å². The molecule has 1 N–H and O–H groups in total. The Kier molecular flexibility index (Phi) is 4.60. The van der Waals surface area contributed by atoms with E-state index in [1.54, 1.807) is 4.80 Å². The number of hydrogen-bond acceptors (Lipinski definition) is 3. The van der Waals surface area contributed by atoms with E-state index in [1.807, 2.05) is 37.3 Å². The van der Waals surface area contributed by atoms with Crippen molar-refractivity contribution >= 4 is 22.6 Å². The molecule has 5 nitrogen and oxygen atoms in total. The zero-order valence-electron chi connectivity index (χ0n) is 14.3. The maximum atomic E-state index is 11.7. The Balaban J connectivity index is 1.86. The first-order valence-electron chi connectivity index (χ1n) is 8.34. The molecule has 1 heterocycles. The van der Waals surface area contributed by atoms with Gasteiger partial charge in [-0.3, -0.25) is 4.79 Å². The third-order valence-corrected chi connectivity index (χ3v) is 3.93. The molecule has 5 heteroatoms. The number of benzene rings is 2. The first-order chi connectivity index (χ1) is 11.6. The lowest BCUT2D eigenvalue weighted by molar-refractivity contribution is -0.116. The van der Waals surface area contributed by atoms with E-state index in [1.165, 1.54) is 5.56 Å². The van der Waals surface area contributed by atoms with Gasteiger partial charge in [0.25, 0.3) is 0 Å². The van der Waals surface area contributed by atoms with Crippen molar-refractivity contribution in [2.45, 2.75) is 39.5 Å². The molecule has 0 unspecified atom stereocenters. The fourth-order valence-corrected chi connectivity index (χ4v) is 2.55. The van der Waals surface area contributed by atoms with Crippen molar-refractivity contribution in [1.82, 2.24) is 15.0 Å². The number of carbonyl (C=O) groups is 1. The lowest BCUT2D eigenvalue weighted by Crippen LogP contribution is -2.10. The van der Waals surface area contributed by atoms with Crippen molar-refractivity contribution in [1.29, 1.82) is 0 Å². The maximum absolute atomic E-state index is 11.7. The predicted molar refractivity (Wildman–Crippen MR) is 96.5 cm³/mol. The zero-order chi connectivity index (χ0) is 17.1. The van der Waals surface area contributed by atoms with Gasteiger partial charge >= 0.3 is 0 Å². The predicted octanol–water partition coefficient (Wildman–Crippen LogP) is 4.28. The average molecular weight is 322 g/mol. The van der Waals surface area contributed by atoms with Gasteiger partial charge in [-0.25, -0.2) is 0 Å². The summed E-state index contributed by atoms with van der Waals surface area (Å²) < 4.78 is 0. The van der Waals surface area contributed by atoms with Crippen LogP contribution in [0.1, 0.15) is 45.1 Å². The van der Waals surface area contributed by atoms with Crippen molar-refractivity contribution < 1.29 is 4.79 Å². The Morgan fingerprint density at radius 3 is 2.46 bits per heavy atom. The summed E-state index contributed by atoms with van der Waals surface area (Å²) in [6, 6.07) is 13.8. The standard InChI is InChI=1S/C19H22N4O/c1-4-5-19(24)20-15-8-11-17-18(12-15)22-23(21-17)16-9-6-14(7-10-16)13(2)3/h6-13H,4-5H2,1-3H3,(H,20,24). The van der Waals surface area contributed by atoms with Gasteiger partial charge in [-0.1, -0.05) is 32.9 Å². The van der Waals surface area contributed by atoms with Crippen LogP contribution in [0.5, 0.6) is 0 Å². The smallest absolute Gasteiger partial charge is 0.224 e. The second kappa shape index (κ2) is 6.83. The number of anilines is 1. The van der Waals surface area contributed by atoms with Gasteiger partial charge in [0.15, 0.2) is 0 Å². The highest BCUT2D eigenvalue weighted by Crippen LogP contribution is 2.19. The van der Waals surface area contributed by atoms with Gasteiger partial charge in [0.1, 0.15) is 11.0 Å². The number of nitrogens with one attached hydrogen (secondary N) is 1. The first-order valence-corrected chi connectivity index (χ1v) is 8.34. The summed E-state index contributed by atoms with van der Waals surface area (Å²) in [7, 11) is 0. The molecule has 3 rings (SSSR count). The summed E-state index contributed by atoms with van der Waals surface area (Å²) in [6.07, 6.45) is 1.35. The monoisotopic (exact) mass is 322 g/mol. The Morgan fingerprint density at radius 1 is 1.08 bits per heavy atom. The molecule has 1 aromatic heterocycles. The van der Waals surface area contributed by atoms with E-state index in [0.29, 0.717) is 12.3 Å². The second-order valence-corrected chi connectivity index (χ2v) is 6.24. The molecule has 0 bridgehead atoms. The van der Waals surface area contributed by atoms with Crippen LogP contribution in [-0.2, 0) is 4.79 Å². The van der Waals surface area contributed by atoms with Gasteiger partial charge in [-0.2, -0.15) is 4.80 Å². The molecule has 0 aliphatic heterocycles. The van der Waals surface area contributed by atoms with Gasteiger partial charge in [-0.15, -0.1) is 10.2 Å². The van der Waals surface area contributed by atoms with E-state index in [2.05, 4.69) is 41.5 Å². The minimum atomic E-state index is 0.0218. The van der Waals surface area contributed by atoms with E-state index in [-0.39, 0.29) is 5.91 Å². The molecular formula is C19H22N4O. The van der Waals surface area contributed by atoms with Crippen LogP contribution in [0.4, 0.5) is 5.69 Å². The molecule has 0 fully saturated rings. The van der Waals surface area contributed by atoms with E-state index >= 15 is 0 Å². The van der Waals surface area contributed by atoms with E-state index < -0.39 is 0 Å². The summed E-state index contributed by atoms with van der Waals surface area (Å²) in [5, 5.41) is 11.9. The maximum Gasteiger partial charge on any atom is 0.224 e. The van der Waals surface area contributed by atoms with Crippen molar-refractivity contribution in [3.63, 3.8) is 0 Å². The molecule has 124 valence electrons. The Morgan fingerprint density at radius 2 is 1.79 bits per heavy atom. The average Bonchev–Trinajstić information content (AvgIpc) is 2.98. The molecular weight excluding hydrogens is 300 g/mol. The highest BCUT2D eigenvalue weighted by atomic mass is 16.1. The van der Waals surface area contributed by atoms with Crippen LogP contribution in [0.2, 0.25) is 0 Å². The molecule has 24 heavy (non-hydrogen) atoms. The quantitative estimate of drug-likeness (QED) is 0.762. The molecule has 2 aromatic carbocycles. The number of aromatic nitrogens is 3. The van der Waals surface area contributed by atoms with Crippen LogP contribution < -0.4 is 5.32 Å². The van der Waals surface area contributed by atoms with E-state index in [9.17, 15) is 4.79 Å². The summed E-state index contributed by atoms with van der Waals surface area (Å²) in [6.45, 7) is 6.33. The second-order valence-electron chi connectivity index (χ2n) is 6.24. The van der Waals surface area contributed by atoms with Crippen molar-refractivity contribution in [2.75, 3.05) is 5.32 Å². The number of carbonyl (C=O) groups excluding carboxylic acids is 1. The molecule has 0 radical (unpaired) electrons. The third kappa shape index (κ3) is 3.45. The molecule has 0 atom stereocenters.